The normalized spacial score (nSPS) is 21.0. The Hall–Kier alpha value is -2.39. The molecule has 1 unspecified atom stereocenters. The van der Waals surface area contributed by atoms with Crippen LogP contribution in [0.5, 0.6) is 0 Å². The van der Waals surface area contributed by atoms with Crippen LogP contribution in [0.4, 0.5) is 0 Å². The molecule has 3 nitrogen and oxygen atoms in total. The molecule has 4 rings (SSSR count). The standard InChI is InChI=1S/C20H18O3/c1-20(9-10-22-19(20)21)23-13-17-8-4-7-16-11-14-5-2-3-6-15(14)12-18(16)17/h2-8,11-12H,9-10,13H2,1H3. The highest BCUT2D eigenvalue weighted by molar-refractivity contribution is 5.99. The van der Waals surface area contributed by atoms with Crippen molar-refractivity contribution in [1.29, 1.82) is 0 Å². The van der Waals surface area contributed by atoms with Gasteiger partial charge in [0.1, 0.15) is 0 Å². The number of carbonyl (C=O) groups is 1. The van der Waals surface area contributed by atoms with Crippen molar-refractivity contribution in [3.63, 3.8) is 0 Å². The lowest BCUT2D eigenvalue weighted by Crippen LogP contribution is -2.33. The second-order valence-electron chi connectivity index (χ2n) is 6.24. The Labute approximate surface area is 134 Å². The van der Waals surface area contributed by atoms with E-state index in [4.69, 9.17) is 9.47 Å². The summed E-state index contributed by atoms with van der Waals surface area (Å²) in [5.74, 6) is -0.261. The molecule has 1 fully saturated rings. The Morgan fingerprint density at radius 2 is 1.78 bits per heavy atom. The SMILES string of the molecule is CC1(OCc2cccc3cc4ccccc4cc23)CCOC1=O. The topological polar surface area (TPSA) is 35.5 Å². The first kappa shape index (κ1) is 14.2. The van der Waals surface area contributed by atoms with Gasteiger partial charge in [0, 0.05) is 6.42 Å². The molecule has 0 aliphatic carbocycles. The monoisotopic (exact) mass is 306 g/mol. The van der Waals surface area contributed by atoms with Crippen LogP contribution in [0.25, 0.3) is 21.5 Å². The van der Waals surface area contributed by atoms with Crippen LogP contribution < -0.4 is 0 Å². The van der Waals surface area contributed by atoms with Crippen molar-refractivity contribution in [2.24, 2.45) is 0 Å². The molecule has 116 valence electrons. The van der Waals surface area contributed by atoms with Gasteiger partial charge in [-0.3, -0.25) is 0 Å². The molecule has 3 aromatic carbocycles. The molecular formula is C20H18O3. The van der Waals surface area contributed by atoms with Gasteiger partial charge in [0.25, 0.3) is 0 Å². The molecule has 0 saturated carbocycles. The molecule has 23 heavy (non-hydrogen) atoms. The summed E-state index contributed by atoms with van der Waals surface area (Å²) >= 11 is 0. The number of hydrogen-bond donors (Lipinski definition) is 0. The van der Waals surface area contributed by atoms with Gasteiger partial charge in [-0.1, -0.05) is 42.5 Å². The highest BCUT2D eigenvalue weighted by Crippen LogP contribution is 2.29. The van der Waals surface area contributed by atoms with Crippen LogP contribution in [0, 0.1) is 0 Å². The van der Waals surface area contributed by atoms with E-state index in [1.165, 1.54) is 21.5 Å². The molecule has 1 saturated heterocycles. The Kier molecular flexibility index (Phi) is 3.31. The lowest BCUT2D eigenvalue weighted by atomic mass is 9.99. The van der Waals surface area contributed by atoms with Crippen LogP contribution in [0.1, 0.15) is 18.9 Å². The second-order valence-corrected chi connectivity index (χ2v) is 6.24. The van der Waals surface area contributed by atoms with Crippen molar-refractivity contribution in [1.82, 2.24) is 0 Å². The summed E-state index contributed by atoms with van der Waals surface area (Å²) in [6.07, 6.45) is 0.611. The van der Waals surface area contributed by atoms with Gasteiger partial charge in [-0.15, -0.1) is 0 Å². The molecule has 3 aromatic rings. The predicted molar refractivity (Wildman–Crippen MR) is 90.2 cm³/mol. The van der Waals surface area contributed by atoms with Crippen molar-refractivity contribution in [3.8, 4) is 0 Å². The summed E-state index contributed by atoms with van der Waals surface area (Å²) in [4.78, 5) is 11.8. The zero-order chi connectivity index (χ0) is 15.9. The average Bonchev–Trinajstić information content (AvgIpc) is 2.90. The van der Waals surface area contributed by atoms with Crippen molar-refractivity contribution in [2.45, 2.75) is 25.6 Å². The maximum Gasteiger partial charge on any atom is 0.338 e. The molecule has 0 aromatic heterocycles. The van der Waals surface area contributed by atoms with Crippen molar-refractivity contribution in [3.05, 3.63) is 60.2 Å². The number of hydrogen-bond acceptors (Lipinski definition) is 3. The van der Waals surface area contributed by atoms with Crippen LogP contribution >= 0.6 is 0 Å². The highest BCUT2D eigenvalue weighted by Gasteiger charge is 2.41. The summed E-state index contributed by atoms with van der Waals surface area (Å²) in [6, 6.07) is 18.9. The average molecular weight is 306 g/mol. The lowest BCUT2D eigenvalue weighted by Gasteiger charge is -2.20. The molecule has 3 heteroatoms. The molecule has 0 spiro atoms. The fourth-order valence-electron chi connectivity index (χ4n) is 3.12. The Balaban J connectivity index is 1.72. The molecule has 0 amide bonds. The van der Waals surface area contributed by atoms with Gasteiger partial charge in [0.05, 0.1) is 13.2 Å². The van der Waals surface area contributed by atoms with E-state index in [9.17, 15) is 4.79 Å². The quantitative estimate of drug-likeness (QED) is 0.537. The molecule has 1 atom stereocenters. The number of cyclic esters (lactones) is 1. The van der Waals surface area contributed by atoms with Gasteiger partial charge in [-0.2, -0.15) is 0 Å². The number of esters is 1. The lowest BCUT2D eigenvalue weighted by molar-refractivity contribution is -0.158. The number of fused-ring (bicyclic) bond motifs is 2. The minimum absolute atomic E-state index is 0.261. The van der Waals surface area contributed by atoms with Gasteiger partial charge in [0.15, 0.2) is 5.60 Å². The van der Waals surface area contributed by atoms with Crippen molar-refractivity contribution < 1.29 is 14.3 Å². The van der Waals surface area contributed by atoms with Crippen LogP contribution in [0.2, 0.25) is 0 Å². The maximum atomic E-state index is 11.8. The Morgan fingerprint density at radius 3 is 2.52 bits per heavy atom. The van der Waals surface area contributed by atoms with Gasteiger partial charge in [-0.05, 0) is 46.2 Å². The number of carbonyl (C=O) groups excluding carboxylic acids is 1. The van der Waals surface area contributed by atoms with E-state index >= 15 is 0 Å². The van der Waals surface area contributed by atoms with Crippen molar-refractivity contribution >= 4 is 27.5 Å². The first-order valence-electron chi connectivity index (χ1n) is 7.87. The predicted octanol–water partition coefficient (Wildman–Crippen LogP) is 4.22. The van der Waals surface area contributed by atoms with E-state index in [1.807, 2.05) is 25.1 Å². The van der Waals surface area contributed by atoms with Gasteiger partial charge < -0.3 is 9.47 Å². The third-order valence-corrected chi connectivity index (χ3v) is 4.63. The zero-order valence-corrected chi connectivity index (χ0v) is 13.0. The highest BCUT2D eigenvalue weighted by atomic mass is 16.6. The molecule has 0 bridgehead atoms. The summed E-state index contributed by atoms with van der Waals surface area (Å²) in [6.45, 7) is 2.65. The first-order valence-corrected chi connectivity index (χ1v) is 7.87. The van der Waals surface area contributed by atoms with Gasteiger partial charge >= 0.3 is 5.97 Å². The smallest absolute Gasteiger partial charge is 0.338 e. The summed E-state index contributed by atoms with van der Waals surface area (Å²) in [5, 5.41) is 4.79. The maximum absolute atomic E-state index is 11.8. The van der Waals surface area contributed by atoms with Crippen LogP contribution in [0.3, 0.4) is 0 Å². The van der Waals surface area contributed by atoms with E-state index in [0.29, 0.717) is 19.6 Å². The Bertz CT molecular complexity index is 900. The third kappa shape index (κ3) is 2.47. The van der Waals surface area contributed by atoms with E-state index in [0.717, 1.165) is 5.56 Å². The summed E-state index contributed by atoms with van der Waals surface area (Å²) in [7, 11) is 0. The molecular weight excluding hydrogens is 288 g/mol. The number of ether oxygens (including phenoxy) is 2. The number of benzene rings is 3. The fourth-order valence-corrected chi connectivity index (χ4v) is 3.12. The zero-order valence-electron chi connectivity index (χ0n) is 13.0. The minimum Gasteiger partial charge on any atom is -0.463 e. The summed E-state index contributed by atoms with van der Waals surface area (Å²) < 4.78 is 11.0. The van der Waals surface area contributed by atoms with Crippen LogP contribution in [-0.4, -0.2) is 18.2 Å². The fraction of sp³-hybridized carbons (Fsp3) is 0.250. The van der Waals surface area contributed by atoms with Crippen LogP contribution in [-0.2, 0) is 20.9 Å². The van der Waals surface area contributed by atoms with E-state index < -0.39 is 5.60 Å². The minimum atomic E-state index is -0.820. The van der Waals surface area contributed by atoms with E-state index in [2.05, 4.69) is 36.4 Å². The molecule has 0 radical (unpaired) electrons. The van der Waals surface area contributed by atoms with E-state index in [-0.39, 0.29) is 5.97 Å². The number of rotatable bonds is 3. The van der Waals surface area contributed by atoms with Crippen molar-refractivity contribution in [2.75, 3.05) is 6.61 Å². The molecule has 1 heterocycles. The van der Waals surface area contributed by atoms with Gasteiger partial charge in [0.2, 0.25) is 0 Å². The second kappa shape index (κ2) is 5.36. The van der Waals surface area contributed by atoms with Gasteiger partial charge in [-0.25, -0.2) is 4.79 Å². The first-order chi connectivity index (χ1) is 11.2. The molecule has 0 N–H and O–H groups in total. The molecule has 1 aliphatic rings. The largest absolute Gasteiger partial charge is 0.463 e. The van der Waals surface area contributed by atoms with E-state index in [1.54, 1.807) is 0 Å². The third-order valence-electron chi connectivity index (χ3n) is 4.63. The van der Waals surface area contributed by atoms with Crippen LogP contribution in [0.15, 0.2) is 54.6 Å². The Morgan fingerprint density at radius 1 is 1.04 bits per heavy atom. The molecule has 1 aliphatic heterocycles. The summed E-state index contributed by atoms with van der Waals surface area (Å²) in [5.41, 5.74) is 0.271.